The number of nitrogens with zero attached hydrogens (tertiary/aromatic N) is 1. The molecule has 0 saturated heterocycles. The molecule has 0 unspecified atom stereocenters. The van der Waals surface area contributed by atoms with Crippen molar-refractivity contribution >= 4 is 21.8 Å². The van der Waals surface area contributed by atoms with Crippen molar-refractivity contribution in [1.29, 1.82) is 0 Å². The van der Waals surface area contributed by atoms with Crippen molar-refractivity contribution in [3.05, 3.63) is 52.7 Å². The average molecular weight is 281 g/mol. The van der Waals surface area contributed by atoms with Crippen molar-refractivity contribution in [2.75, 3.05) is 0 Å². The molecule has 0 radical (unpaired) electrons. The van der Waals surface area contributed by atoms with Crippen LogP contribution in [0.2, 0.25) is 0 Å². The van der Waals surface area contributed by atoms with Crippen molar-refractivity contribution in [2.45, 2.75) is 6.54 Å². The number of hydrogen-bond acceptors (Lipinski definition) is 3. The predicted octanol–water partition coefficient (Wildman–Crippen LogP) is 2.37. The van der Waals surface area contributed by atoms with E-state index in [1.807, 2.05) is 12.1 Å². The molecule has 16 heavy (non-hydrogen) atoms. The second kappa shape index (κ2) is 4.94. The molecule has 5 heteroatoms. The summed E-state index contributed by atoms with van der Waals surface area (Å²) in [6.45, 7) is 0.366. The van der Waals surface area contributed by atoms with Crippen molar-refractivity contribution in [1.82, 2.24) is 10.3 Å². The van der Waals surface area contributed by atoms with Crippen molar-refractivity contribution in [3.63, 3.8) is 0 Å². The first-order chi connectivity index (χ1) is 7.75. The van der Waals surface area contributed by atoms with Crippen LogP contribution < -0.4 is 5.32 Å². The Morgan fingerprint density at radius 3 is 2.75 bits per heavy atom. The molecule has 1 amide bonds. The molecule has 0 aliphatic rings. The Bertz CT molecular complexity index is 465. The lowest BCUT2D eigenvalue weighted by molar-refractivity contribution is 0.0950. The maximum Gasteiger partial charge on any atom is 0.251 e. The van der Waals surface area contributed by atoms with E-state index in [2.05, 4.69) is 26.2 Å². The number of rotatable bonds is 3. The molecule has 0 aliphatic carbocycles. The first kappa shape index (κ1) is 10.9. The molecule has 1 aromatic carbocycles. The van der Waals surface area contributed by atoms with Crippen LogP contribution in [0.4, 0.5) is 0 Å². The van der Waals surface area contributed by atoms with Crippen LogP contribution in [0.15, 0.2) is 45.8 Å². The van der Waals surface area contributed by atoms with Crippen LogP contribution in [0, 0.1) is 0 Å². The van der Waals surface area contributed by atoms with Crippen LogP contribution >= 0.6 is 15.9 Å². The summed E-state index contributed by atoms with van der Waals surface area (Å²) in [5, 5.41) is 2.74. The molecule has 0 saturated carbocycles. The minimum absolute atomic E-state index is 0.129. The number of benzene rings is 1. The molecule has 0 spiro atoms. The molecule has 82 valence electrons. The van der Waals surface area contributed by atoms with E-state index in [0.717, 1.165) is 4.47 Å². The number of oxazole rings is 1. The highest BCUT2D eigenvalue weighted by molar-refractivity contribution is 9.10. The molecule has 1 N–H and O–H groups in total. The quantitative estimate of drug-likeness (QED) is 0.939. The SMILES string of the molecule is O=C(NCc1cocn1)c1ccc(Br)cc1. The van der Waals surface area contributed by atoms with Crippen molar-refractivity contribution in [2.24, 2.45) is 0 Å². The minimum atomic E-state index is -0.129. The number of aromatic nitrogens is 1. The summed E-state index contributed by atoms with van der Waals surface area (Å²) in [6.07, 6.45) is 2.84. The Kier molecular flexibility index (Phi) is 3.36. The predicted molar refractivity (Wildman–Crippen MR) is 61.8 cm³/mol. The Morgan fingerprint density at radius 2 is 2.12 bits per heavy atom. The number of carbonyl (C=O) groups excluding carboxylic acids is 1. The molecule has 0 bridgehead atoms. The molecule has 1 heterocycles. The maximum atomic E-state index is 11.7. The molecule has 0 aliphatic heterocycles. The number of carbonyl (C=O) groups is 1. The molecular weight excluding hydrogens is 272 g/mol. The van der Waals surface area contributed by atoms with Gasteiger partial charge in [0.1, 0.15) is 6.26 Å². The third-order valence-corrected chi connectivity index (χ3v) is 2.55. The van der Waals surface area contributed by atoms with Gasteiger partial charge in [-0.05, 0) is 24.3 Å². The third-order valence-electron chi connectivity index (χ3n) is 2.02. The van der Waals surface area contributed by atoms with Gasteiger partial charge < -0.3 is 9.73 Å². The first-order valence-electron chi connectivity index (χ1n) is 4.66. The van der Waals surface area contributed by atoms with Gasteiger partial charge in [0.15, 0.2) is 6.39 Å². The Hall–Kier alpha value is -1.62. The fourth-order valence-corrected chi connectivity index (χ4v) is 1.46. The van der Waals surface area contributed by atoms with Crippen LogP contribution in [0.3, 0.4) is 0 Å². The Balaban J connectivity index is 1.95. The number of amides is 1. The molecule has 1 aromatic heterocycles. The van der Waals surface area contributed by atoms with E-state index in [-0.39, 0.29) is 5.91 Å². The van der Waals surface area contributed by atoms with E-state index in [1.165, 1.54) is 12.7 Å². The van der Waals surface area contributed by atoms with Crippen LogP contribution in [0.25, 0.3) is 0 Å². The van der Waals surface area contributed by atoms with Crippen LogP contribution in [-0.2, 0) is 6.54 Å². The van der Waals surface area contributed by atoms with Crippen molar-refractivity contribution < 1.29 is 9.21 Å². The zero-order valence-corrected chi connectivity index (χ0v) is 9.90. The maximum absolute atomic E-state index is 11.7. The highest BCUT2D eigenvalue weighted by Crippen LogP contribution is 2.10. The van der Waals surface area contributed by atoms with Gasteiger partial charge in [-0.25, -0.2) is 4.98 Å². The lowest BCUT2D eigenvalue weighted by Gasteiger charge is -2.02. The van der Waals surface area contributed by atoms with E-state index in [1.54, 1.807) is 12.1 Å². The van der Waals surface area contributed by atoms with Gasteiger partial charge in [-0.15, -0.1) is 0 Å². The van der Waals surface area contributed by atoms with E-state index >= 15 is 0 Å². The zero-order chi connectivity index (χ0) is 11.4. The largest absolute Gasteiger partial charge is 0.451 e. The topological polar surface area (TPSA) is 55.1 Å². The van der Waals surface area contributed by atoms with Gasteiger partial charge in [0.2, 0.25) is 0 Å². The third kappa shape index (κ3) is 2.70. The van der Waals surface area contributed by atoms with Crippen LogP contribution in [-0.4, -0.2) is 10.9 Å². The number of halogens is 1. The average Bonchev–Trinajstić information content (AvgIpc) is 2.80. The van der Waals surface area contributed by atoms with Gasteiger partial charge in [-0.1, -0.05) is 15.9 Å². The summed E-state index contributed by atoms with van der Waals surface area (Å²) < 4.78 is 5.74. The van der Waals surface area contributed by atoms with Gasteiger partial charge >= 0.3 is 0 Å². The number of hydrogen-bond donors (Lipinski definition) is 1. The molecule has 2 rings (SSSR count). The second-order valence-corrected chi connectivity index (χ2v) is 4.09. The van der Waals surface area contributed by atoms with Crippen LogP contribution in [0.1, 0.15) is 16.1 Å². The molecular formula is C11H9BrN2O2. The lowest BCUT2D eigenvalue weighted by atomic mass is 10.2. The van der Waals surface area contributed by atoms with E-state index in [9.17, 15) is 4.79 Å². The first-order valence-corrected chi connectivity index (χ1v) is 5.46. The zero-order valence-electron chi connectivity index (χ0n) is 8.31. The van der Waals surface area contributed by atoms with Gasteiger partial charge in [-0.3, -0.25) is 4.79 Å². The standard InChI is InChI=1S/C11H9BrN2O2/c12-9-3-1-8(2-4-9)11(15)13-5-10-6-16-7-14-10/h1-4,6-7H,5H2,(H,13,15). The van der Waals surface area contributed by atoms with Gasteiger partial charge in [0.25, 0.3) is 5.91 Å². The smallest absolute Gasteiger partial charge is 0.251 e. The van der Waals surface area contributed by atoms with Gasteiger partial charge in [0, 0.05) is 10.0 Å². The fraction of sp³-hybridized carbons (Fsp3) is 0.0909. The lowest BCUT2D eigenvalue weighted by Crippen LogP contribution is -2.22. The summed E-state index contributed by atoms with van der Waals surface area (Å²) in [5.41, 5.74) is 1.32. The van der Waals surface area contributed by atoms with Gasteiger partial charge in [0.05, 0.1) is 12.2 Å². The summed E-state index contributed by atoms with van der Waals surface area (Å²) in [4.78, 5) is 15.6. The fourth-order valence-electron chi connectivity index (χ4n) is 1.20. The Labute approximate surface area is 101 Å². The number of nitrogens with one attached hydrogen (secondary N) is 1. The summed E-state index contributed by atoms with van der Waals surface area (Å²) in [5.74, 6) is -0.129. The normalized spacial score (nSPS) is 10.1. The molecule has 0 fully saturated rings. The second-order valence-electron chi connectivity index (χ2n) is 3.17. The molecule has 0 atom stereocenters. The molecule has 4 nitrogen and oxygen atoms in total. The molecule has 2 aromatic rings. The van der Waals surface area contributed by atoms with Crippen molar-refractivity contribution in [3.8, 4) is 0 Å². The highest BCUT2D eigenvalue weighted by Gasteiger charge is 2.05. The highest BCUT2D eigenvalue weighted by atomic mass is 79.9. The minimum Gasteiger partial charge on any atom is -0.451 e. The monoisotopic (exact) mass is 280 g/mol. The van der Waals surface area contributed by atoms with E-state index in [4.69, 9.17) is 4.42 Å². The van der Waals surface area contributed by atoms with Crippen LogP contribution in [0.5, 0.6) is 0 Å². The van der Waals surface area contributed by atoms with Gasteiger partial charge in [-0.2, -0.15) is 0 Å². The Morgan fingerprint density at radius 1 is 1.38 bits per heavy atom. The summed E-state index contributed by atoms with van der Waals surface area (Å²) in [6, 6.07) is 7.15. The summed E-state index contributed by atoms with van der Waals surface area (Å²) >= 11 is 3.31. The summed E-state index contributed by atoms with van der Waals surface area (Å²) in [7, 11) is 0. The van der Waals surface area contributed by atoms with E-state index < -0.39 is 0 Å². The van der Waals surface area contributed by atoms with E-state index in [0.29, 0.717) is 17.8 Å².